The van der Waals surface area contributed by atoms with Gasteiger partial charge in [-0.2, -0.15) is 4.31 Å². The molecule has 102 valence electrons. The van der Waals surface area contributed by atoms with E-state index in [2.05, 4.69) is 6.58 Å². The second kappa shape index (κ2) is 6.17. The summed E-state index contributed by atoms with van der Waals surface area (Å²) in [5.74, 6) is 0. The van der Waals surface area contributed by atoms with Crippen LogP contribution in [0.2, 0.25) is 0 Å². The Bertz CT molecular complexity index is 484. The molecule has 2 N–H and O–H groups in total. The summed E-state index contributed by atoms with van der Waals surface area (Å²) in [6.07, 6.45) is 3.23. The third-order valence-electron chi connectivity index (χ3n) is 2.83. The summed E-state index contributed by atoms with van der Waals surface area (Å²) in [4.78, 5) is 0.300. The van der Waals surface area contributed by atoms with Gasteiger partial charge in [0, 0.05) is 38.1 Å². The zero-order valence-corrected chi connectivity index (χ0v) is 11.8. The predicted molar refractivity (Wildman–Crippen MR) is 72.6 cm³/mol. The van der Waals surface area contributed by atoms with Crippen molar-refractivity contribution in [2.24, 2.45) is 5.73 Å². The van der Waals surface area contributed by atoms with Crippen LogP contribution in [0.4, 0.5) is 0 Å². The lowest BCUT2D eigenvalue weighted by Gasteiger charge is -2.17. The van der Waals surface area contributed by atoms with Gasteiger partial charge in [0.2, 0.25) is 10.0 Å². The van der Waals surface area contributed by atoms with E-state index in [1.807, 2.05) is 18.4 Å². The topological polar surface area (TPSA) is 68.3 Å². The van der Waals surface area contributed by atoms with Crippen molar-refractivity contribution in [2.75, 3.05) is 13.1 Å². The minimum Gasteiger partial charge on any atom is -0.349 e. The first-order chi connectivity index (χ1) is 8.51. The number of sulfonamides is 1. The van der Waals surface area contributed by atoms with Gasteiger partial charge in [-0.1, -0.05) is 13.0 Å². The Kier molecular flexibility index (Phi) is 5.13. The zero-order valence-electron chi connectivity index (χ0n) is 11.0. The van der Waals surface area contributed by atoms with Crippen LogP contribution in [0.15, 0.2) is 29.8 Å². The Morgan fingerprint density at radius 2 is 2.17 bits per heavy atom. The molecule has 18 heavy (non-hydrogen) atoms. The normalized spacial score (nSPS) is 12.0. The molecule has 0 unspecified atom stereocenters. The Balaban J connectivity index is 3.18. The number of likely N-dealkylation sites (N-methyl/N-ethyl adjacent to an activating group) is 1. The smallest absolute Gasteiger partial charge is 0.244 e. The highest BCUT2D eigenvalue weighted by Crippen LogP contribution is 2.19. The molecule has 0 saturated heterocycles. The average molecular weight is 271 g/mol. The quantitative estimate of drug-likeness (QED) is 0.757. The second-order valence-electron chi connectivity index (χ2n) is 3.90. The van der Waals surface area contributed by atoms with E-state index in [1.165, 1.54) is 4.31 Å². The highest BCUT2D eigenvalue weighted by atomic mass is 32.2. The molecule has 1 heterocycles. The molecule has 0 aromatic carbocycles. The molecule has 1 aromatic rings. The van der Waals surface area contributed by atoms with Crippen LogP contribution in [0, 0.1) is 0 Å². The summed E-state index contributed by atoms with van der Waals surface area (Å²) in [5, 5.41) is 0. The number of hydrogen-bond acceptors (Lipinski definition) is 3. The molecule has 1 rings (SSSR count). The third kappa shape index (κ3) is 2.82. The van der Waals surface area contributed by atoms with Crippen molar-refractivity contribution in [1.82, 2.24) is 8.87 Å². The summed E-state index contributed by atoms with van der Waals surface area (Å²) < 4.78 is 28.0. The van der Waals surface area contributed by atoms with Gasteiger partial charge in [-0.05, 0) is 13.0 Å². The fourth-order valence-electron chi connectivity index (χ4n) is 1.82. The van der Waals surface area contributed by atoms with E-state index in [0.717, 1.165) is 5.69 Å². The van der Waals surface area contributed by atoms with Crippen molar-refractivity contribution in [3.63, 3.8) is 0 Å². The molecule has 1 aromatic heterocycles. The standard InChI is InChI=1S/C12H21N3O2S/c1-4-7-15(6-3)18(16,17)12-8-11(9-13)14(5-2)10-12/h4,8,10H,1,5-7,9,13H2,2-3H3. The van der Waals surface area contributed by atoms with Crippen molar-refractivity contribution in [1.29, 1.82) is 0 Å². The molecule has 0 radical (unpaired) electrons. The summed E-state index contributed by atoms with van der Waals surface area (Å²) in [6.45, 7) is 9.11. The van der Waals surface area contributed by atoms with E-state index < -0.39 is 10.0 Å². The molecule has 0 aliphatic carbocycles. The minimum atomic E-state index is -3.45. The molecule has 0 aliphatic heterocycles. The first kappa shape index (κ1) is 14.9. The molecule has 0 spiro atoms. The Morgan fingerprint density at radius 3 is 2.56 bits per heavy atom. The van der Waals surface area contributed by atoms with Crippen molar-refractivity contribution in [3.8, 4) is 0 Å². The highest BCUT2D eigenvalue weighted by Gasteiger charge is 2.24. The van der Waals surface area contributed by atoms with Gasteiger partial charge >= 0.3 is 0 Å². The third-order valence-corrected chi connectivity index (χ3v) is 4.74. The van der Waals surface area contributed by atoms with Crippen molar-refractivity contribution >= 4 is 10.0 Å². The molecule has 6 heteroatoms. The van der Waals surface area contributed by atoms with E-state index in [-0.39, 0.29) is 0 Å². The number of rotatable bonds is 7. The maximum atomic E-state index is 12.4. The molecule has 0 saturated carbocycles. The zero-order chi connectivity index (χ0) is 13.8. The van der Waals surface area contributed by atoms with Crippen molar-refractivity contribution in [2.45, 2.75) is 31.8 Å². The fraction of sp³-hybridized carbons (Fsp3) is 0.500. The monoisotopic (exact) mass is 271 g/mol. The number of aryl methyl sites for hydroxylation is 1. The maximum absolute atomic E-state index is 12.4. The summed E-state index contributed by atoms with van der Waals surface area (Å²) >= 11 is 0. The molecule has 0 amide bonds. The largest absolute Gasteiger partial charge is 0.349 e. The first-order valence-electron chi connectivity index (χ1n) is 6.01. The van der Waals surface area contributed by atoms with Crippen LogP contribution in [0.25, 0.3) is 0 Å². The molecule has 0 fully saturated rings. The fourth-order valence-corrected chi connectivity index (χ4v) is 3.31. The van der Waals surface area contributed by atoms with Crippen LogP contribution in [-0.2, 0) is 23.1 Å². The van der Waals surface area contributed by atoms with Gasteiger partial charge < -0.3 is 10.3 Å². The first-order valence-corrected chi connectivity index (χ1v) is 7.45. The Hall–Kier alpha value is -1.11. The van der Waals surface area contributed by atoms with Gasteiger partial charge in [0.25, 0.3) is 0 Å². The average Bonchev–Trinajstić information content (AvgIpc) is 2.79. The molecule has 5 nitrogen and oxygen atoms in total. The van der Waals surface area contributed by atoms with Gasteiger partial charge in [-0.3, -0.25) is 0 Å². The van der Waals surface area contributed by atoms with Crippen LogP contribution >= 0.6 is 0 Å². The van der Waals surface area contributed by atoms with E-state index in [0.29, 0.717) is 31.1 Å². The van der Waals surface area contributed by atoms with E-state index in [4.69, 9.17) is 5.73 Å². The minimum absolute atomic E-state index is 0.300. The second-order valence-corrected chi connectivity index (χ2v) is 5.84. The van der Waals surface area contributed by atoms with Crippen molar-refractivity contribution in [3.05, 3.63) is 30.6 Å². The number of hydrogen-bond donors (Lipinski definition) is 1. The summed E-state index contributed by atoms with van der Waals surface area (Å²) in [6, 6.07) is 1.64. The van der Waals surface area contributed by atoms with E-state index >= 15 is 0 Å². The van der Waals surface area contributed by atoms with Crippen LogP contribution in [-0.4, -0.2) is 30.4 Å². The molecule has 0 aliphatic rings. The molecular formula is C12H21N3O2S. The maximum Gasteiger partial charge on any atom is 0.244 e. The van der Waals surface area contributed by atoms with Crippen LogP contribution in [0.5, 0.6) is 0 Å². The lowest BCUT2D eigenvalue weighted by Crippen LogP contribution is -2.30. The van der Waals surface area contributed by atoms with Gasteiger partial charge in [0.05, 0.1) is 0 Å². The number of nitrogens with zero attached hydrogens (tertiary/aromatic N) is 2. The Labute approximate surface area is 109 Å². The van der Waals surface area contributed by atoms with Gasteiger partial charge in [0.15, 0.2) is 0 Å². The molecular weight excluding hydrogens is 250 g/mol. The number of nitrogens with two attached hydrogens (primary N) is 1. The summed E-state index contributed by atoms with van der Waals surface area (Å²) in [7, 11) is -3.45. The summed E-state index contributed by atoms with van der Waals surface area (Å²) in [5.41, 5.74) is 6.43. The predicted octanol–water partition coefficient (Wildman–Crippen LogP) is 1.16. The van der Waals surface area contributed by atoms with Crippen LogP contribution in [0.3, 0.4) is 0 Å². The van der Waals surface area contributed by atoms with Gasteiger partial charge in [-0.15, -0.1) is 6.58 Å². The molecule has 0 bridgehead atoms. The SMILES string of the molecule is C=CCN(CC)S(=O)(=O)c1cc(CN)n(CC)c1. The van der Waals surface area contributed by atoms with E-state index in [9.17, 15) is 8.42 Å². The van der Waals surface area contributed by atoms with E-state index in [1.54, 1.807) is 18.3 Å². The Morgan fingerprint density at radius 1 is 1.50 bits per heavy atom. The number of aromatic nitrogens is 1. The lowest BCUT2D eigenvalue weighted by atomic mass is 10.4. The van der Waals surface area contributed by atoms with Crippen molar-refractivity contribution < 1.29 is 8.42 Å². The van der Waals surface area contributed by atoms with Gasteiger partial charge in [0.1, 0.15) is 4.90 Å². The van der Waals surface area contributed by atoms with Gasteiger partial charge in [-0.25, -0.2) is 8.42 Å². The highest BCUT2D eigenvalue weighted by molar-refractivity contribution is 7.89. The lowest BCUT2D eigenvalue weighted by molar-refractivity contribution is 0.459. The van der Waals surface area contributed by atoms with Crippen LogP contribution < -0.4 is 5.73 Å². The molecule has 0 atom stereocenters. The van der Waals surface area contributed by atoms with Crippen LogP contribution in [0.1, 0.15) is 19.5 Å².